The van der Waals surface area contributed by atoms with E-state index in [9.17, 15) is 9.18 Å². The molecular formula is C25H26FN3O2. The van der Waals surface area contributed by atoms with Gasteiger partial charge in [0.25, 0.3) is 5.91 Å². The fraction of sp³-hybridized carbons (Fsp3) is 0.240. The van der Waals surface area contributed by atoms with Crippen LogP contribution in [0.15, 0.2) is 72.8 Å². The molecular weight excluding hydrogens is 393 g/mol. The van der Waals surface area contributed by atoms with Gasteiger partial charge in [-0.05, 0) is 93.3 Å². The van der Waals surface area contributed by atoms with Crippen molar-refractivity contribution in [1.29, 1.82) is 0 Å². The van der Waals surface area contributed by atoms with Crippen LogP contribution < -0.4 is 15.0 Å². The number of halogens is 1. The maximum absolute atomic E-state index is 13.0. The van der Waals surface area contributed by atoms with Gasteiger partial charge in [-0.25, -0.2) is 4.39 Å². The second kappa shape index (κ2) is 9.18. The third-order valence-corrected chi connectivity index (χ3v) is 5.55. The van der Waals surface area contributed by atoms with Gasteiger partial charge >= 0.3 is 0 Å². The van der Waals surface area contributed by atoms with Crippen molar-refractivity contribution < 1.29 is 13.9 Å². The van der Waals surface area contributed by atoms with Crippen molar-refractivity contribution in [3.05, 3.63) is 84.2 Å². The highest BCUT2D eigenvalue weighted by Gasteiger charge is 2.23. The number of benzene rings is 3. The average molecular weight is 420 g/mol. The Kier molecular flexibility index (Phi) is 6.18. The van der Waals surface area contributed by atoms with E-state index in [1.807, 2.05) is 24.3 Å². The molecule has 31 heavy (non-hydrogen) atoms. The number of likely N-dealkylation sites (N-methyl/N-ethyl adjacent to an activating group) is 1. The normalized spacial score (nSPS) is 15.9. The van der Waals surface area contributed by atoms with Crippen LogP contribution in [0.4, 0.5) is 15.8 Å². The van der Waals surface area contributed by atoms with Crippen molar-refractivity contribution in [3.63, 3.8) is 0 Å². The van der Waals surface area contributed by atoms with Crippen LogP contribution in [0.2, 0.25) is 0 Å². The molecule has 1 aliphatic heterocycles. The van der Waals surface area contributed by atoms with Gasteiger partial charge in [0.1, 0.15) is 17.3 Å². The lowest BCUT2D eigenvalue weighted by molar-refractivity contribution is 0.102. The lowest BCUT2D eigenvalue weighted by Crippen LogP contribution is -2.31. The van der Waals surface area contributed by atoms with Gasteiger partial charge in [0, 0.05) is 36.1 Å². The molecule has 1 saturated heterocycles. The minimum absolute atomic E-state index is 0.185. The highest BCUT2D eigenvalue weighted by atomic mass is 19.1. The van der Waals surface area contributed by atoms with Gasteiger partial charge in [-0.3, -0.25) is 4.79 Å². The van der Waals surface area contributed by atoms with Crippen molar-refractivity contribution in [3.8, 4) is 11.5 Å². The van der Waals surface area contributed by atoms with E-state index >= 15 is 0 Å². The third-order valence-electron chi connectivity index (χ3n) is 5.55. The average Bonchev–Trinajstić information content (AvgIpc) is 3.27. The minimum atomic E-state index is -0.314. The number of carbonyl (C=O) groups is 1. The smallest absolute Gasteiger partial charge is 0.255 e. The molecule has 1 heterocycles. The molecule has 1 atom stereocenters. The Labute approximate surface area is 182 Å². The molecule has 1 unspecified atom stereocenters. The summed E-state index contributed by atoms with van der Waals surface area (Å²) in [5, 5.41) is 2.93. The summed E-state index contributed by atoms with van der Waals surface area (Å²) in [7, 11) is 4.24. The highest BCUT2D eigenvalue weighted by molar-refractivity contribution is 6.04. The monoisotopic (exact) mass is 419 g/mol. The lowest BCUT2D eigenvalue weighted by atomic mass is 10.2. The summed E-state index contributed by atoms with van der Waals surface area (Å²) >= 11 is 0. The fourth-order valence-corrected chi connectivity index (χ4v) is 3.67. The van der Waals surface area contributed by atoms with Crippen LogP contribution >= 0.6 is 0 Å². The van der Waals surface area contributed by atoms with Crippen molar-refractivity contribution in [1.82, 2.24) is 4.90 Å². The molecule has 0 bridgehead atoms. The van der Waals surface area contributed by atoms with E-state index < -0.39 is 0 Å². The first-order valence-corrected chi connectivity index (χ1v) is 10.3. The number of nitrogens with zero attached hydrogens (tertiary/aromatic N) is 2. The number of hydrogen-bond acceptors (Lipinski definition) is 4. The number of nitrogens with one attached hydrogen (secondary N) is 1. The first-order valence-electron chi connectivity index (χ1n) is 10.3. The Balaban J connectivity index is 1.34. The number of carbonyl (C=O) groups excluding carboxylic acids is 1. The van der Waals surface area contributed by atoms with Gasteiger partial charge < -0.3 is 19.9 Å². The summed E-state index contributed by atoms with van der Waals surface area (Å²) in [5.74, 6) is 0.614. The van der Waals surface area contributed by atoms with E-state index in [2.05, 4.69) is 29.2 Å². The largest absolute Gasteiger partial charge is 0.457 e. The van der Waals surface area contributed by atoms with E-state index in [4.69, 9.17) is 4.74 Å². The Morgan fingerprint density at radius 1 is 0.968 bits per heavy atom. The number of anilines is 2. The molecule has 0 spiro atoms. The van der Waals surface area contributed by atoms with Gasteiger partial charge in [0.05, 0.1) is 0 Å². The Bertz CT molecular complexity index is 1020. The van der Waals surface area contributed by atoms with E-state index in [1.54, 1.807) is 36.4 Å². The first-order chi connectivity index (χ1) is 15.0. The van der Waals surface area contributed by atoms with Gasteiger partial charge in [-0.1, -0.05) is 0 Å². The first kappa shape index (κ1) is 20.9. The zero-order chi connectivity index (χ0) is 21.8. The lowest BCUT2D eigenvalue weighted by Gasteiger charge is -2.22. The Morgan fingerprint density at radius 2 is 1.58 bits per heavy atom. The number of amides is 1. The van der Waals surface area contributed by atoms with Crippen molar-refractivity contribution in [2.45, 2.75) is 12.5 Å². The zero-order valence-corrected chi connectivity index (χ0v) is 17.7. The molecule has 160 valence electrons. The summed E-state index contributed by atoms with van der Waals surface area (Å²) in [6.07, 6.45) is 1.16. The van der Waals surface area contributed by atoms with Crippen LogP contribution in [0.3, 0.4) is 0 Å². The second-order valence-corrected chi connectivity index (χ2v) is 7.93. The van der Waals surface area contributed by atoms with Crippen LogP contribution in [0.5, 0.6) is 11.5 Å². The number of hydrogen-bond donors (Lipinski definition) is 1. The van der Waals surface area contributed by atoms with Gasteiger partial charge in [-0.15, -0.1) is 0 Å². The van der Waals surface area contributed by atoms with Crippen molar-refractivity contribution in [2.24, 2.45) is 0 Å². The van der Waals surface area contributed by atoms with Gasteiger partial charge in [0.2, 0.25) is 0 Å². The zero-order valence-electron chi connectivity index (χ0n) is 17.7. The van der Waals surface area contributed by atoms with Crippen molar-refractivity contribution >= 4 is 17.3 Å². The van der Waals surface area contributed by atoms with E-state index in [-0.39, 0.29) is 11.7 Å². The summed E-state index contributed by atoms with van der Waals surface area (Å²) < 4.78 is 18.7. The molecule has 1 N–H and O–H groups in total. The predicted octanol–water partition coefficient (Wildman–Crippen LogP) is 5.01. The Morgan fingerprint density at radius 3 is 2.16 bits per heavy atom. The summed E-state index contributed by atoms with van der Waals surface area (Å²) in [5.41, 5.74) is 2.46. The molecule has 1 amide bonds. The standard InChI is InChI=1S/C25H26FN3O2/c1-28(2)22-15-16-29(17-22)21-9-7-20(8-10-21)27-25(30)18-3-11-23(12-4-18)31-24-13-5-19(26)6-14-24/h3-14,22H,15-17H2,1-2H3,(H,27,30). The van der Waals surface area contributed by atoms with Gasteiger partial charge in [-0.2, -0.15) is 0 Å². The molecule has 3 aromatic carbocycles. The van der Waals surface area contributed by atoms with Crippen LogP contribution in [0.1, 0.15) is 16.8 Å². The molecule has 3 aromatic rings. The van der Waals surface area contributed by atoms with Crippen LogP contribution in [-0.2, 0) is 0 Å². The third kappa shape index (κ3) is 5.22. The minimum Gasteiger partial charge on any atom is -0.457 e. The second-order valence-electron chi connectivity index (χ2n) is 7.93. The number of ether oxygens (including phenoxy) is 1. The van der Waals surface area contributed by atoms with Crippen LogP contribution in [-0.4, -0.2) is 44.0 Å². The molecule has 0 aromatic heterocycles. The summed E-state index contributed by atoms with van der Waals surface area (Å²) in [4.78, 5) is 17.2. The van der Waals surface area contributed by atoms with Crippen LogP contribution in [0.25, 0.3) is 0 Å². The molecule has 6 heteroatoms. The van der Waals surface area contributed by atoms with E-state index in [0.29, 0.717) is 23.1 Å². The molecule has 5 nitrogen and oxygen atoms in total. The molecule has 0 radical (unpaired) electrons. The highest BCUT2D eigenvalue weighted by Crippen LogP contribution is 2.25. The van der Waals surface area contributed by atoms with Gasteiger partial charge in [0.15, 0.2) is 0 Å². The van der Waals surface area contributed by atoms with E-state index in [0.717, 1.165) is 25.2 Å². The molecule has 0 aliphatic carbocycles. The maximum Gasteiger partial charge on any atom is 0.255 e. The summed E-state index contributed by atoms with van der Waals surface area (Å²) in [6.45, 7) is 2.06. The quantitative estimate of drug-likeness (QED) is 0.610. The summed E-state index contributed by atoms with van der Waals surface area (Å²) in [6, 6.07) is 21.2. The molecule has 4 rings (SSSR count). The molecule has 1 fully saturated rings. The molecule has 0 saturated carbocycles. The SMILES string of the molecule is CN(C)C1CCN(c2ccc(NC(=O)c3ccc(Oc4ccc(F)cc4)cc3)cc2)C1. The fourth-order valence-electron chi connectivity index (χ4n) is 3.67. The van der Waals surface area contributed by atoms with Crippen molar-refractivity contribution in [2.75, 3.05) is 37.4 Å². The van der Waals surface area contributed by atoms with Crippen LogP contribution in [0, 0.1) is 5.82 Å². The molecule has 1 aliphatic rings. The topological polar surface area (TPSA) is 44.8 Å². The predicted molar refractivity (Wildman–Crippen MR) is 122 cm³/mol. The number of rotatable bonds is 6. The Hall–Kier alpha value is -3.38. The van der Waals surface area contributed by atoms with E-state index in [1.165, 1.54) is 17.8 Å². The maximum atomic E-state index is 13.0.